The zero-order chi connectivity index (χ0) is 15.1. The van der Waals surface area contributed by atoms with Crippen molar-refractivity contribution in [1.29, 1.82) is 0 Å². The first-order valence-corrected chi connectivity index (χ1v) is 10.5. The molecule has 3 rings (SSSR count). The van der Waals surface area contributed by atoms with Crippen LogP contribution in [0.25, 0.3) is 0 Å². The highest BCUT2D eigenvalue weighted by Gasteiger charge is 2.46. The van der Waals surface area contributed by atoms with Crippen LogP contribution in [0.4, 0.5) is 0 Å². The topological polar surface area (TPSA) is 49.4 Å². The Labute approximate surface area is 139 Å². The van der Waals surface area contributed by atoms with Crippen LogP contribution in [0, 0.1) is 6.92 Å². The van der Waals surface area contributed by atoms with E-state index in [2.05, 4.69) is 21.2 Å². The second kappa shape index (κ2) is 5.92. The average molecular weight is 393 g/mol. The number of piperazine rings is 1. The van der Waals surface area contributed by atoms with Gasteiger partial charge in [0, 0.05) is 25.2 Å². The minimum absolute atomic E-state index is 0.209. The Balaban J connectivity index is 1.99. The van der Waals surface area contributed by atoms with Gasteiger partial charge in [0.25, 0.3) is 10.0 Å². The van der Waals surface area contributed by atoms with Crippen LogP contribution in [0.3, 0.4) is 0 Å². The lowest BCUT2D eigenvalue weighted by atomic mass is 9.80. The monoisotopic (exact) mass is 392 g/mol. The Morgan fingerprint density at radius 3 is 2.67 bits per heavy atom. The summed E-state index contributed by atoms with van der Waals surface area (Å²) >= 11 is 4.77. The first-order chi connectivity index (χ1) is 9.96. The summed E-state index contributed by atoms with van der Waals surface area (Å²) in [5.41, 5.74) is 0.783. The SMILES string of the molecule is Cc1cc(S(=O)(=O)N2CCNCC23CCCCC3)sc1Br. The molecule has 0 radical (unpaired) electrons. The first-order valence-electron chi connectivity index (χ1n) is 7.45. The van der Waals surface area contributed by atoms with E-state index < -0.39 is 10.0 Å². The molecule has 1 saturated heterocycles. The lowest BCUT2D eigenvalue weighted by Crippen LogP contribution is -2.63. The summed E-state index contributed by atoms with van der Waals surface area (Å²) in [5, 5.41) is 3.40. The summed E-state index contributed by atoms with van der Waals surface area (Å²) in [6.07, 6.45) is 5.43. The summed E-state index contributed by atoms with van der Waals surface area (Å²) in [6, 6.07) is 1.79. The Hall–Kier alpha value is 0.0500. The zero-order valence-electron chi connectivity index (χ0n) is 12.2. The largest absolute Gasteiger partial charge is 0.314 e. The molecule has 1 aliphatic heterocycles. The molecule has 2 aliphatic rings. The van der Waals surface area contributed by atoms with Gasteiger partial charge in [-0.25, -0.2) is 8.42 Å². The lowest BCUT2D eigenvalue weighted by Gasteiger charge is -2.48. The summed E-state index contributed by atoms with van der Waals surface area (Å²) < 4.78 is 29.4. The maximum atomic E-state index is 13.1. The number of nitrogens with one attached hydrogen (secondary N) is 1. The minimum atomic E-state index is -3.39. The quantitative estimate of drug-likeness (QED) is 0.840. The molecule has 0 amide bonds. The van der Waals surface area contributed by atoms with Crippen molar-refractivity contribution in [1.82, 2.24) is 9.62 Å². The second-order valence-electron chi connectivity index (χ2n) is 6.06. The van der Waals surface area contributed by atoms with Gasteiger partial charge in [-0.15, -0.1) is 11.3 Å². The Bertz CT molecular complexity index is 593. The average Bonchev–Trinajstić information content (AvgIpc) is 2.81. The molecule has 21 heavy (non-hydrogen) atoms. The van der Waals surface area contributed by atoms with Gasteiger partial charge >= 0.3 is 0 Å². The van der Waals surface area contributed by atoms with E-state index in [1.165, 1.54) is 17.8 Å². The molecule has 0 aromatic carbocycles. The van der Waals surface area contributed by atoms with Crippen LogP contribution in [-0.2, 0) is 10.0 Å². The smallest absolute Gasteiger partial charge is 0.253 e. The number of hydrogen-bond acceptors (Lipinski definition) is 4. The van der Waals surface area contributed by atoms with Crippen molar-refractivity contribution in [2.24, 2.45) is 0 Å². The van der Waals surface area contributed by atoms with Crippen molar-refractivity contribution >= 4 is 37.3 Å². The maximum absolute atomic E-state index is 13.1. The van der Waals surface area contributed by atoms with Crippen LogP contribution in [0.1, 0.15) is 37.7 Å². The van der Waals surface area contributed by atoms with Gasteiger partial charge in [0.1, 0.15) is 4.21 Å². The second-order valence-corrected chi connectivity index (χ2v) is 10.5. The molecule has 0 atom stereocenters. The molecule has 1 aliphatic carbocycles. The highest BCUT2D eigenvalue weighted by molar-refractivity contribution is 9.11. The van der Waals surface area contributed by atoms with Gasteiger partial charge in [0.2, 0.25) is 0 Å². The number of aryl methyl sites for hydroxylation is 1. The van der Waals surface area contributed by atoms with Gasteiger partial charge in [0.15, 0.2) is 0 Å². The zero-order valence-corrected chi connectivity index (χ0v) is 15.4. The molecule has 1 saturated carbocycles. The van der Waals surface area contributed by atoms with E-state index in [9.17, 15) is 8.42 Å². The normalized spacial score (nSPS) is 23.5. The van der Waals surface area contributed by atoms with Crippen LogP contribution in [-0.4, -0.2) is 37.9 Å². The van der Waals surface area contributed by atoms with E-state index in [1.54, 1.807) is 10.4 Å². The molecule has 2 fully saturated rings. The molecular weight excluding hydrogens is 372 g/mol. The van der Waals surface area contributed by atoms with Crippen molar-refractivity contribution in [3.8, 4) is 0 Å². The summed E-state index contributed by atoms with van der Waals surface area (Å²) in [7, 11) is -3.39. The fourth-order valence-electron chi connectivity index (χ4n) is 3.51. The van der Waals surface area contributed by atoms with E-state index in [4.69, 9.17) is 0 Å². The van der Waals surface area contributed by atoms with Gasteiger partial charge in [-0.05, 0) is 47.3 Å². The minimum Gasteiger partial charge on any atom is -0.314 e. The number of nitrogens with zero attached hydrogens (tertiary/aromatic N) is 1. The molecule has 0 unspecified atom stereocenters. The van der Waals surface area contributed by atoms with Crippen LogP contribution >= 0.6 is 27.3 Å². The number of rotatable bonds is 2. The fraction of sp³-hybridized carbons (Fsp3) is 0.714. The molecule has 118 valence electrons. The molecule has 7 heteroatoms. The van der Waals surface area contributed by atoms with E-state index in [0.717, 1.165) is 48.1 Å². The molecule has 1 aromatic heterocycles. The molecule has 1 N–H and O–H groups in total. The molecule has 1 aromatic rings. The summed E-state index contributed by atoms with van der Waals surface area (Å²) in [4.78, 5) is 0. The van der Waals surface area contributed by atoms with Crippen molar-refractivity contribution in [3.05, 3.63) is 15.4 Å². The summed E-state index contributed by atoms with van der Waals surface area (Å²) in [5.74, 6) is 0. The van der Waals surface area contributed by atoms with Crippen LogP contribution in [0.15, 0.2) is 14.1 Å². The van der Waals surface area contributed by atoms with Crippen LogP contribution in [0.2, 0.25) is 0 Å². The van der Waals surface area contributed by atoms with Gasteiger partial charge in [-0.2, -0.15) is 4.31 Å². The van der Waals surface area contributed by atoms with Gasteiger partial charge in [0.05, 0.1) is 3.79 Å². The van der Waals surface area contributed by atoms with E-state index >= 15 is 0 Å². The van der Waals surface area contributed by atoms with E-state index in [0.29, 0.717) is 10.8 Å². The van der Waals surface area contributed by atoms with Gasteiger partial charge in [-0.1, -0.05) is 19.3 Å². The predicted molar refractivity (Wildman–Crippen MR) is 89.3 cm³/mol. The third kappa shape index (κ3) is 2.83. The van der Waals surface area contributed by atoms with Crippen molar-refractivity contribution in [2.75, 3.05) is 19.6 Å². The van der Waals surface area contributed by atoms with E-state index in [-0.39, 0.29) is 5.54 Å². The third-order valence-corrected chi connectivity index (χ3v) is 9.23. The third-order valence-electron chi connectivity index (χ3n) is 4.64. The number of sulfonamides is 1. The van der Waals surface area contributed by atoms with Crippen LogP contribution < -0.4 is 5.32 Å². The van der Waals surface area contributed by atoms with E-state index in [1.807, 2.05) is 6.92 Å². The number of halogens is 1. The van der Waals surface area contributed by atoms with Gasteiger partial charge in [-0.3, -0.25) is 0 Å². The Morgan fingerprint density at radius 1 is 1.33 bits per heavy atom. The number of hydrogen-bond donors (Lipinski definition) is 1. The summed E-state index contributed by atoms with van der Waals surface area (Å²) in [6.45, 7) is 4.05. The number of thiophene rings is 1. The van der Waals surface area contributed by atoms with Gasteiger partial charge < -0.3 is 5.32 Å². The highest BCUT2D eigenvalue weighted by atomic mass is 79.9. The first kappa shape index (κ1) is 15.9. The fourth-order valence-corrected chi connectivity index (χ4v) is 7.67. The Kier molecular flexibility index (Phi) is 4.49. The molecule has 0 bridgehead atoms. The Morgan fingerprint density at radius 2 is 2.05 bits per heavy atom. The lowest BCUT2D eigenvalue weighted by molar-refractivity contribution is 0.101. The predicted octanol–water partition coefficient (Wildman–Crippen LogP) is 3.12. The van der Waals surface area contributed by atoms with Crippen molar-refractivity contribution in [2.45, 2.75) is 48.8 Å². The molecule has 2 heterocycles. The maximum Gasteiger partial charge on any atom is 0.253 e. The molecule has 4 nitrogen and oxygen atoms in total. The highest BCUT2D eigenvalue weighted by Crippen LogP contribution is 2.40. The molecular formula is C14H21BrN2O2S2. The van der Waals surface area contributed by atoms with Crippen LogP contribution in [0.5, 0.6) is 0 Å². The van der Waals surface area contributed by atoms with Crippen molar-refractivity contribution in [3.63, 3.8) is 0 Å². The molecule has 1 spiro atoms. The standard InChI is InChI=1S/C14H21BrN2O2S2/c1-11-9-12(20-13(11)15)21(18,19)17-8-7-16-10-14(17)5-3-2-4-6-14/h9,16H,2-8,10H2,1H3. The van der Waals surface area contributed by atoms with Crippen molar-refractivity contribution < 1.29 is 8.42 Å².